The first-order valence-electron chi connectivity index (χ1n) is 7.46. The molecule has 2 unspecified atom stereocenters. The largest absolute Gasteiger partial charge is 0.394 e. The molecule has 1 fully saturated rings. The van der Waals surface area contributed by atoms with Gasteiger partial charge in [-0.25, -0.2) is 0 Å². The number of piperidine rings is 1. The van der Waals surface area contributed by atoms with E-state index < -0.39 is 5.41 Å². The number of hydrogen-bond acceptors (Lipinski definition) is 3. The fourth-order valence-corrected chi connectivity index (χ4v) is 2.53. The number of nitrogens with one attached hydrogen (secondary N) is 1. The molecule has 5 nitrogen and oxygen atoms in total. The summed E-state index contributed by atoms with van der Waals surface area (Å²) in [5, 5.41) is 12.2. The SMILES string of the molecule is CC1CCCN(C(=O)CCNC(=O)C(C)(C)C)C1CO. The Morgan fingerprint density at radius 1 is 1.35 bits per heavy atom. The third kappa shape index (κ3) is 4.47. The van der Waals surface area contributed by atoms with Crippen LogP contribution in [-0.2, 0) is 9.59 Å². The van der Waals surface area contributed by atoms with E-state index in [0.29, 0.717) is 25.4 Å². The van der Waals surface area contributed by atoms with Gasteiger partial charge in [0.2, 0.25) is 11.8 Å². The number of hydrogen-bond donors (Lipinski definition) is 2. The molecule has 0 bridgehead atoms. The summed E-state index contributed by atoms with van der Waals surface area (Å²) in [5.41, 5.74) is -0.434. The van der Waals surface area contributed by atoms with Gasteiger partial charge in [0, 0.05) is 24.9 Å². The lowest BCUT2D eigenvalue weighted by molar-refractivity contribution is -0.137. The van der Waals surface area contributed by atoms with Crippen LogP contribution < -0.4 is 5.32 Å². The minimum absolute atomic E-state index is 0.0151. The second-order valence-corrected chi connectivity index (χ2v) is 6.71. The Hall–Kier alpha value is -1.10. The number of likely N-dealkylation sites (tertiary alicyclic amines) is 1. The zero-order chi connectivity index (χ0) is 15.3. The average Bonchev–Trinajstić information content (AvgIpc) is 2.36. The van der Waals surface area contributed by atoms with Crippen molar-refractivity contribution >= 4 is 11.8 Å². The molecule has 116 valence electrons. The average molecular weight is 284 g/mol. The van der Waals surface area contributed by atoms with Gasteiger partial charge in [-0.2, -0.15) is 0 Å². The quantitative estimate of drug-likeness (QED) is 0.814. The normalized spacial score (nSPS) is 23.6. The Morgan fingerprint density at radius 3 is 2.55 bits per heavy atom. The predicted octanol–water partition coefficient (Wildman–Crippen LogP) is 1.16. The maximum absolute atomic E-state index is 12.2. The maximum Gasteiger partial charge on any atom is 0.225 e. The molecule has 1 aliphatic rings. The molecule has 2 amide bonds. The van der Waals surface area contributed by atoms with E-state index >= 15 is 0 Å². The fourth-order valence-electron chi connectivity index (χ4n) is 2.53. The predicted molar refractivity (Wildman–Crippen MR) is 78.1 cm³/mol. The third-order valence-corrected chi connectivity index (χ3v) is 3.93. The summed E-state index contributed by atoms with van der Waals surface area (Å²) in [6, 6.07) is -0.0745. The molecule has 0 aliphatic carbocycles. The summed E-state index contributed by atoms with van der Waals surface area (Å²) in [7, 11) is 0. The molecule has 0 spiro atoms. The molecule has 20 heavy (non-hydrogen) atoms. The number of aliphatic hydroxyl groups excluding tert-OH is 1. The molecule has 0 aromatic carbocycles. The number of carbonyl (C=O) groups excluding carboxylic acids is 2. The van der Waals surface area contributed by atoms with Crippen LogP contribution in [0.2, 0.25) is 0 Å². The molecule has 0 aromatic rings. The van der Waals surface area contributed by atoms with Gasteiger partial charge in [-0.05, 0) is 18.8 Å². The molecule has 1 aliphatic heterocycles. The number of aliphatic hydroxyl groups is 1. The molecule has 1 rings (SSSR count). The summed E-state index contributed by atoms with van der Waals surface area (Å²) < 4.78 is 0. The molecule has 2 atom stereocenters. The van der Waals surface area contributed by atoms with Crippen LogP contribution in [0.5, 0.6) is 0 Å². The van der Waals surface area contributed by atoms with Crippen molar-refractivity contribution in [3.63, 3.8) is 0 Å². The van der Waals surface area contributed by atoms with Crippen molar-refractivity contribution in [3.8, 4) is 0 Å². The highest BCUT2D eigenvalue weighted by Crippen LogP contribution is 2.23. The lowest BCUT2D eigenvalue weighted by Gasteiger charge is -2.39. The van der Waals surface area contributed by atoms with Gasteiger partial charge in [0.15, 0.2) is 0 Å². The van der Waals surface area contributed by atoms with Gasteiger partial charge >= 0.3 is 0 Å². The Balaban J connectivity index is 2.44. The molecule has 5 heteroatoms. The van der Waals surface area contributed by atoms with Crippen LogP contribution in [0, 0.1) is 11.3 Å². The summed E-state index contributed by atoms with van der Waals surface area (Å²) in [6.45, 7) is 8.69. The van der Waals surface area contributed by atoms with E-state index in [0.717, 1.165) is 12.8 Å². The van der Waals surface area contributed by atoms with Gasteiger partial charge in [-0.15, -0.1) is 0 Å². The third-order valence-electron chi connectivity index (χ3n) is 3.93. The molecular formula is C15H28N2O3. The second kappa shape index (κ2) is 7.07. The molecular weight excluding hydrogens is 256 g/mol. The van der Waals surface area contributed by atoms with Gasteiger partial charge in [-0.3, -0.25) is 9.59 Å². The minimum atomic E-state index is -0.434. The summed E-state index contributed by atoms with van der Waals surface area (Å²) in [6.07, 6.45) is 2.33. The number of carbonyl (C=O) groups is 2. The summed E-state index contributed by atoms with van der Waals surface area (Å²) >= 11 is 0. The number of nitrogens with zero attached hydrogens (tertiary/aromatic N) is 1. The van der Waals surface area contributed by atoms with Gasteiger partial charge < -0.3 is 15.3 Å². The van der Waals surface area contributed by atoms with E-state index in [2.05, 4.69) is 12.2 Å². The van der Waals surface area contributed by atoms with Crippen molar-refractivity contribution < 1.29 is 14.7 Å². The highest BCUT2D eigenvalue weighted by molar-refractivity contribution is 5.82. The molecule has 0 saturated carbocycles. The molecule has 0 radical (unpaired) electrons. The van der Waals surface area contributed by atoms with Crippen molar-refractivity contribution in [1.82, 2.24) is 10.2 Å². The first-order chi connectivity index (χ1) is 9.27. The number of amides is 2. The highest BCUT2D eigenvalue weighted by Gasteiger charge is 2.31. The first kappa shape index (κ1) is 17.0. The van der Waals surface area contributed by atoms with Crippen molar-refractivity contribution in [2.45, 2.75) is 53.0 Å². The molecule has 0 aromatic heterocycles. The molecule has 1 heterocycles. The van der Waals surface area contributed by atoms with Crippen molar-refractivity contribution in [2.24, 2.45) is 11.3 Å². The molecule has 2 N–H and O–H groups in total. The van der Waals surface area contributed by atoms with E-state index in [9.17, 15) is 14.7 Å². The van der Waals surface area contributed by atoms with E-state index in [-0.39, 0.29) is 24.5 Å². The zero-order valence-corrected chi connectivity index (χ0v) is 13.1. The van der Waals surface area contributed by atoms with Crippen molar-refractivity contribution in [2.75, 3.05) is 19.7 Å². The second-order valence-electron chi connectivity index (χ2n) is 6.71. The Bertz CT molecular complexity index is 350. The van der Waals surface area contributed by atoms with Gasteiger partial charge in [0.25, 0.3) is 0 Å². The Morgan fingerprint density at radius 2 is 2.00 bits per heavy atom. The topological polar surface area (TPSA) is 69.6 Å². The van der Waals surface area contributed by atoms with E-state index in [4.69, 9.17) is 0 Å². The van der Waals surface area contributed by atoms with Crippen LogP contribution in [0.4, 0.5) is 0 Å². The minimum Gasteiger partial charge on any atom is -0.394 e. The monoisotopic (exact) mass is 284 g/mol. The van der Waals surface area contributed by atoms with Gasteiger partial charge in [0.1, 0.15) is 0 Å². The smallest absolute Gasteiger partial charge is 0.225 e. The lowest BCUT2D eigenvalue weighted by Crippen LogP contribution is -2.50. The van der Waals surface area contributed by atoms with E-state index in [1.165, 1.54) is 0 Å². The van der Waals surface area contributed by atoms with Crippen LogP contribution in [0.3, 0.4) is 0 Å². The Kier molecular flexibility index (Phi) is 5.99. The van der Waals surface area contributed by atoms with Crippen LogP contribution in [-0.4, -0.2) is 47.6 Å². The standard InChI is InChI=1S/C15H28N2O3/c1-11-6-5-9-17(12(11)10-18)13(19)7-8-16-14(20)15(2,3)4/h11-12,18H,5-10H2,1-4H3,(H,16,20). The van der Waals surface area contributed by atoms with E-state index in [1.807, 2.05) is 20.8 Å². The van der Waals surface area contributed by atoms with Crippen LogP contribution >= 0.6 is 0 Å². The fraction of sp³-hybridized carbons (Fsp3) is 0.867. The van der Waals surface area contributed by atoms with Crippen molar-refractivity contribution in [1.29, 1.82) is 0 Å². The van der Waals surface area contributed by atoms with Crippen molar-refractivity contribution in [3.05, 3.63) is 0 Å². The van der Waals surface area contributed by atoms with Crippen LogP contribution in [0.25, 0.3) is 0 Å². The first-order valence-corrected chi connectivity index (χ1v) is 7.46. The summed E-state index contributed by atoms with van der Waals surface area (Å²) in [5.74, 6) is 0.308. The van der Waals surface area contributed by atoms with Crippen LogP contribution in [0.1, 0.15) is 47.0 Å². The number of rotatable bonds is 4. The highest BCUT2D eigenvalue weighted by atomic mass is 16.3. The van der Waals surface area contributed by atoms with Gasteiger partial charge in [0.05, 0.1) is 12.6 Å². The lowest BCUT2D eigenvalue weighted by atomic mass is 9.91. The van der Waals surface area contributed by atoms with Crippen LogP contribution in [0.15, 0.2) is 0 Å². The maximum atomic E-state index is 12.2. The Labute approximate surface area is 121 Å². The zero-order valence-electron chi connectivity index (χ0n) is 13.1. The van der Waals surface area contributed by atoms with Gasteiger partial charge in [-0.1, -0.05) is 27.7 Å². The van der Waals surface area contributed by atoms with E-state index in [1.54, 1.807) is 4.90 Å². The molecule has 1 saturated heterocycles. The summed E-state index contributed by atoms with van der Waals surface area (Å²) in [4.78, 5) is 25.7.